The minimum absolute atomic E-state index is 0.113. The van der Waals surface area contributed by atoms with E-state index >= 15 is 0 Å². The van der Waals surface area contributed by atoms with Crippen LogP contribution in [0.3, 0.4) is 0 Å². The molecule has 1 unspecified atom stereocenters. The van der Waals surface area contributed by atoms with Crippen molar-refractivity contribution in [3.8, 4) is 11.5 Å². The maximum atomic E-state index is 12.1. The third-order valence-electron chi connectivity index (χ3n) is 2.92. The molecule has 0 bridgehead atoms. The summed E-state index contributed by atoms with van der Waals surface area (Å²) in [4.78, 5) is 12.1. The lowest BCUT2D eigenvalue weighted by Gasteiger charge is -2.12. The van der Waals surface area contributed by atoms with Crippen LogP contribution in [-0.4, -0.2) is 37.0 Å². The summed E-state index contributed by atoms with van der Waals surface area (Å²) in [6.07, 6.45) is -0.613. The Hall–Kier alpha value is -2.53. The van der Waals surface area contributed by atoms with Gasteiger partial charge in [-0.3, -0.25) is 0 Å². The summed E-state index contributed by atoms with van der Waals surface area (Å²) in [7, 11) is 0. The molecule has 0 aliphatic heterocycles. The number of carbonyl (C=O) groups is 1. The van der Waals surface area contributed by atoms with Gasteiger partial charge in [0.25, 0.3) is 0 Å². The Morgan fingerprint density at radius 1 is 1.00 bits per heavy atom. The van der Waals surface area contributed by atoms with E-state index in [0.717, 1.165) is 5.75 Å². The number of hydrogen-bond acceptors (Lipinski definition) is 5. The van der Waals surface area contributed by atoms with Crippen molar-refractivity contribution < 1.29 is 24.1 Å². The van der Waals surface area contributed by atoms with Crippen LogP contribution in [0.4, 0.5) is 0 Å². The molecule has 122 valence electrons. The molecule has 0 aliphatic rings. The second kappa shape index (κ2) is 8.80. The predicted molar refractivity (Wildman–Crippen MR) is 85.8 cm³/mol. The van der Waals surface area contributed by atoms with Crippen molar-refractivity contribution in [2.45, 2.75) is 13.0 Å². The third kappa shape index (κ3) is 5.64. The molecule has 0 saturated heterocycles. The van der Waals surface area contributed by atoms with E-state index in [1.807, 2.05) is 30.3 Å². The van der Waals surface area contributed by atoms with Gasteiger partial charge >= 0.3 is 5.97 Å². The number of ether oxygens (including phenoxy) is 3. The lowest BCUT2D eigenvalue weighted by Crippen LogP contribution is -2.16. The molecule has 0 spiro atoms. The van der Waals surface area contributed by atoms with Gasteiger partial charge in [0.2, 0.25) is 0 Å². The van der Waals surface area contributed by atoms with E-state index in [0.29, 0.717) is 11.3 Å². The summed E-state index contributed by atoms with van der Waals surface area (Å²) in [6, 6.07) is 16.1. The van der Waals surface area contributed by atoms with E-state index in [-0.39, 0.29) is 19.8 Å². The van der Waals surface area contributed by atoms with Crippen LogP contribution in [0.2, 0.25) is 0 Å². The summed E-state index contributed by atoms with van der Waals surface area (Å²) >= 11 is 0. The molecule has 0 radical (unpaired) electrons. The molecule has 23 heavy (non-hydrogen) atoms. The Bertz CT molecular complexity index is 610. The molecular formula is C18H20O5. The van der Waals surface area contributed by atoms with Crippen molar-refractivity contribution >= 4 is 5.97 Å². The maximum absolute atomic E-state index is 12.1. The maximum Gasteiger partial charge on any atom is 0.342 e. The van der Waals surface area contributed by atoms with Crippen molar-refractivity contribution in [3.05, 3.63) is 60.2 Å². The summed E-state index contributed by atoms with van der Waals surface area (Å²) in [5.74, 6) is 0.634. The average Bonchev–Trinajstić information content (AvgIpc) is 2.58. The highest BCUT2D eigenvalue weighted by molar-refractivity contribution is 5.92. The second-order valence-electron chi connectivity index (χ2n) is 4.95. The van der Waals surface area contributed by atoms with Gasteiger partial charge in [-0.15, -0.1) is 0 Å². The van der Waals surface area contributed by atoms with Crippen molar-refractivity contribution in [3.63, 3.8) is 0 Å². The molecule has 0 saturated carbocycles. The van der Waals surface area contributed by atoms with Crippen LogP contribution in [0.1, 0.15) is 17.3 Å². The van der Waals surface area contributed by atoms with Crippen LogP contribution < -0.4 is 9.47 Å². The Kier molecular flexibility index (Phi) is 6.44. The first kappa shape index (κ1) is 16.8. The van der Waals surface area contributed by atoms with Crippen LogP contribution in [0.5, 0.6) is 11.5 Å². The molecular weight excluding hydrogens is 296 g/mol. The van der Waals surface area contributed by atoms with Crippen LogP contribution in [0.15, 0.2) is 54.6 Å². The zero-order chi connectivity index (χ0) is 16.5. The van der Waals surface area contributed by atoms with Crippen molar-refractivity contribution in [1.82, 2.24) is 0 Å². The molecule has 5 nitrogen and oxygen atoms in total. The van der Waals surface area contributed by atoms with E-state index in [4.69, 9.17) is 14.2 Å². The molecule has 0 aromatic heterocycles. The average molecular weight is 316 g/mol. The number of aliphatic hydroxyl groups is 1. The number of aliphatic hydroxyl groups excluding tert-OH is 1. The Morgan fingerprint density at radius 2 is 1.70 bits per heavy atom. The van der Waals surface area contributed by atoms with Crippen molar-refractivity contribution in [1.29, 1.82) is 0 Å². The lowest BCUT2D eigenvalue weighted by molar-refractivity contribution is 0.0442. The van der Waals surface area contributed by atoms with E-state index in [1.165, 1.54) is 0 Å². The van der Waals surface area contributed by atoms with Gasteiger partial charge in [0.1, 0.15) is 36.9 Å². The highest BCUT2D eigenvalue weighted by Crippen LogP contribution is 2.19. The SMILES string of the molecule is CC(O)COc1ccccc1C(=O)OCCOc1ccccc1. The molecule has 5 heteroatoms. The highest BCUT2D eigenvalue weighted by atomic mass is 16.6. The normalized spacial score (nSPS) is 11.6. The zero-order valence-corrected chi connectivity index (χ0v) is 13.0. The van der Waals surface area contributed by atoms with E-state index < -0.39 is 12.1 Å². The molecule has 1 N–H and O–H groups in total. The van der Waals surface area contributed by atoms with E-state index in [9.17, 15) is 9.90 Å². The first-order valence-corrected chi connectivity index (χ1v) is 7.41. The summed E-state index contributed by atoms with van der Waals surface area (Å²) < 4.78 is 16.1. The van der Waals surface area contributed by atoms with E-state index in [1.54, 1.807) is 31.2 Å². The minimum Gasteiger partial charge on any atom is -0.490 e. The predicted octanol–water partition coefficient (Wildman–Crippen LogP) is 2.68. The molecule has 2 aromatic carbocycles. The summed E-state index contributed by atoms with van der Waals surface area (Å²) in [5.41, 5.74) is 0.327. The van der Waals surface area contributed by atoms with Crippen LogP contribution in [-0.2, 0) is 4.74 Å². The van der Waals surface area contributed by atoms with Crippen LogP contribution in [0.25, 0.3) is 0 Å². The number of rotatable bonds is 8. The Morgan fingerprint density at radius 3 is 2.43 bits per heavy atom. The highest BCUT2D eigenvalue weighted by Gasteiger charge is 2.14. The molecule has 2 aromatic rings. The number of carbonyl (C=O) groups excluding carboxylic acids is 1. The second-order valence-corrected chi connectivity index (χ2v) is 4.95. The fourth-order valence-corrected chi connectivity index (χ4v) is 1.86. The fraction of sp³-hybridized carbons (Fsp3) is 0.278. The number of benzene rings is 2. The Labute approximate surface area is 135 Å². The van der Waals surface area contributed by atoms with Gasteiger partial charge in [0, 0.05) is 0 Å². The third-order valence-corrected chi connectivity index (χ3v) is 2.92. The van der Waals surface area contributed by atoms with Gasteiger partial charge in [-0.1, -0.05) is 30.3 Å². The number of hydrogen-bond donors (Lipinski definition) is 1. The molecule has 0 aliphatic carbocycles. The van der Waals surface area contributed by atoms with Crippen LogP contribution in [0, 0.1) is 0 Å². The quantitative estimate of drug-likeness (QED) is 0.599. The standard InChI is InChI=1S/C18H20O5/c1-14(19)13-23-17-10-6-5-9-16(17)18(20)22-12-11-21-15-7-3-2-4-8-15/h2-10,14,19H,11-13H2,1H3. The van der Waals surface area contributed by atoms with Gasteiger partial charge in [-0.2, -0.15) is 0 Å². The molecule has 0 amide bonds. The van der Waals surface area contributed by atoms with Crippen LogP contribution >= 0.6 is 0 Å². The number of esters is 1. The Balaban J connectivity index is 1.83. The molecule has 0 fully saturated rings. The first-order valence-electron chi connectivity index (χ1n) is 7.41. The zero-order valence-electron chi connectivity index (χ0n) is 13.0. The smallest absolute Gasteiger partial charge is 0.342 e. The fourth-order valence-electron chi connectivity index (χ4n) is 1.86. The van der Waals surface area contributed by atoms with Crippen molar-refractivity contribution in [2.75, 3.05) is 19.8 Å². The van der Waals surface area contributed by atoms with Gasteiger partial charge in [-0.25, -0.2) is 4.79 Å². The molecule has 0 heterocycles. The first-order chi connectivity index (χ1) is 11.2. The van der Waals surface area contributed by atoms with E-state index in [2.05, 4.69) is 0 Å². The van der Waals surface area contributed by atoms with Crippen molar-refractivity contribution in [2.24, 2.45) is 0 Å². The molecule has 1 atom stereocenters. The monoisotopic (exact) mass is 316 g/mol. The van der Waals surface area contributed by atoms with Gasteiger partial charge in [0.15, 0.2) is 0 Å². The largest absolute Gasteiger partial charge is 0.490 e. The van der Waals surface area contributed by atoms with Gasteiger partial charge < -0.3 is 19.3 Å². The summed E-state index contributed by atoms with van der Waals surface area (Å²) in [5, 5.41) is 9.27. The lowest BCUT2D eigenvalue weighted by atomic mass is 10.2. The number of para-hydroxylation sites is 2. The van der Waals surface area contributed by atoms with Gasteiger partial charge in [-0.05, 0) is 31.2 Å². The minimum atomic E-state index is -0.613. The van der Waals surface area contributed by atoms with Gasteiger partial charge in [0.05, 0.1) is 6.10 Å². The molecule has 2 rings (SSSR count). The topological polar surface area (TPSA) is 65.0 Å². The summed E-state index contributed by atoms with van der Waals surface area (Å²) in [6.45, 7) is 2.13.